The van der Waals surface area contributed by atoms with E-state index in [1.165, 1.54) is 11.1 Å². The van der Waals surface area contributed by atoms with Gasteiger partial charge in [-0.05, 0) is 11.1 Å². The highest BCUT2D eigenvalue weighted by molar-refractivity contribution is 9.08. The quantitative estimate of drug-likeness (QED) is 0.379. The Morgan fingerprint density at radius 1 is 0.583 bits per heavy atom. The molecule has 0 N–H and O–H groups in total. The van der Waals surface area contributed by atoms with Gasteiger partial charge in [0.2, 0.25) is 0 Å². The molecule has 0 aliphatic rings. The molecule has 3 aromatic rings. The molecule has 0 fully saturated rings. The molecule has 3 aromatic carbocycles. The lowest BCUT2D eigenvalue weighted by Crippen LogP contribution is -2.25. The van der Waals surface area contributed by atoms with Crippen LogP contribution in [0.4, 0.5) is 0 Å². The van der Waals surface area contributed by atoms with Gasteiger partial charge in [-0.3, -0.25) is 0 Å². The summed E-state index contributed by atoms with van der Waals surface area (Å²) < 4.78 is 14.2. The van der Waals surface area contributed by atoms with Crippen molar-refractivity contribution in [1.82, 2.24) is 0 Å². The van der Waals surface area contributed by atoms with Gasteiger partial charge in [-0.15, -0.1) is 0 Å². The van der Waals surface area contributed by atoms with E-state index in [1.807, 2.05) is 78.9 Å². The van der Waals surface area contributed by atoms with Crippen molar-refractivity contribution in [2.45, 2.75) is 10.7 Å². The van der Waals surface area contributed by atoms with Gasteiger partial charge < -0.3 is 4.57 Å². The lowest BCUT2D eigenvalue weighted by Gasteiger charge is -2.20. The van der Waals surface area contributed by atoms with Crippen molar-refractivity contribution >= 4 is 54.9 Å². The van der Waals surface area contributed by atoms with E-state index in [1.54, 1.807) is 0 Å². The maximum atomic E-state index is 14.2. The molecular weight excluding hydrogens is 447 g/mol. The fourth-order valence-electron chi connectivity index (χ4n) is 2.68. The van der Waals surface area contributed by atoms with Crippen LogP contribution in [0.5, 0.6) is 0 Å². The first-order valence-corrected chi connectivity index (χ1v) is 11.6. The van der Waals surface area contributed by atoms with E-state index in [0.717, 1.165) is 26.6 Å². The van der Waals surface area contributed by atoms with Crippen LogP contribution >= 0.6 is 39.0 Å². The molecule has 122 valence electrons. The van der Waals surface area contributed by atoms with Crippen molar-refractivity contribution < 1.29 is 4.57 Å². The zero-order valence-corrected chi connectivity index (χ0v) is 17.1. The van der Waals surface area contributed by atoms with Crippen LogP contribution < -0.4 is 15.9 Å². The Kier molecular flexibility index (Phi) is 5.76. The van der Waals surface area contributed by atoms with Crippen LogP contribution in [-0.4, -0.2) is 0 Å². The van der Waals surface area contributed by atoms with Crippen LogP contribution in [0.1, 0.15) is 11.1 Å². The molecule has 0 aliphatic carbocycles. The van der Waals surface area contributed by atoms with Crippen LogP contribution in [-0.2, 0) is 15.2 Å². The Morgan fingerprint density at radius 3 is 1.33 bits per heavy atom. The van der Waals surface area contributed by atoms with Crippen molar-refractivity contribution in [2.24, 2.45) is 0 Å². The van der Waals surface area contributed by atoms with Crippen LogP contribution in [0.15, 0.2) is 78.9 Å². The van der Waals surface area contributed by atoms with Gasteiger partial charge in [0.15, 0.2) is 7.14 Å². The van der Waals surface area contributed by atoms with E-state index in [-0.39, 0.29) is 0 Å². The van der Waals surface area contributed by atoms with Crippen LogP contribution in [0.3, 0.4) is 0 Å². The maximum Gasteiger partial charge on any atom is 0.171 e. The summed E-state index contributed by atoms with van der Waals surface area (Å²) in [6.45, 7) is 0. The van der Waals surface area contributed by atoms with Crippen LogP contribution in [0.25, 0.3) is 0 Å². The van der Waals surface area contributed by atoms with Gasteiger partial charge in [-0.25, -0.2) is 0 Å². The first kappa shape index (κ1) is 17.7. The van der Waals surface area contributed by atoms with Gasteiger partial charge in [-0.2, -0.15) is 0 Å². The maximum absolute atomic E-state index is 14.2. The third-order valence-electron chi connectivity index (χ3n) is 4.03. The summed E-state index contributed by atoms with van der Waals surface area (Å²) >= 11 is 6.93. The summed E-state index contributed by atoms with van der Waals surface area (Å²) in [6.07, 6.45) is 0. The van der Waals surface area contributed by atoms with E-state index < -0.39 is 7.14 Å². The second-order valence-corrected chi connectivity index (χ2v) is 9.43. The van der Waals surface area contributed by atoms with Gasteiger partial charge in [0.05, 0.1) is 0 Å². The van der Waals surface area contributed by atoms with Crippen LogP contribution in [0, 0.1) is 0 Å². The molecule has 0 saturated carbocycles. The number of alkyl halides is 2. The highest BCUT2D eigenvalue weighted by atomic mass is 79.9. The molecule has 0 heterocycles. The SMILES string of the molecule is O=P(c1ccccc1)(c1ccc(CBr)cc1)c1ccc(CBr)cc1. The van der Waals surface area contributed by atoms with Gasteiger partial charge in [0.25, 0.3) is 0 Å². The monoisotopic (exact) mass is 462 g/mol. The summed E-state index contributed by atoms with van der Waals surface area (Å²) in [7, 11) is -2.87. The Morgan fingerprint density at radius 2 is 0.958 bits per heavy atom. The summed E-state index contributed by atoms with van der Waals surface area (Å²) in [6, 6.07) is 25.9. The molecule has 24 heavy (non-hydrogen) atoms. The molecule has 0 saturated heterocycles. The first-order valence-electron chi connectivity index (χ1n) is 7.65. The molecule has 0 atom stereocenters. The minimum atomic E-state index is -2.87. The molecular formula is C20H17Br2OP. The summed E-state index contributed by atoms with van der Waals surface area (Å²) in [4.78, 5) is 0. The molecule has 0 bridgehead atoms. The van der Waals surface area contributed by atoms with Gasteiger partial charge in [0.1, 0.15) is 0 Å². The lowest BCUT2D eigenvalue weighted by atomic mass is 10.2. The number of rotatable bonds is 5. The number of hydrogen-bond donors (Lipinski definition) is 0. The highest BCUT2D eigenvalue weighted by Crippen LogP contribution is 2.42. The van der Waals surface area contributed by atoms with Gasteiger partial charge >= 0.3 is 0 Å². The zero-order chi connectivity index (χ0) is 17.0. The van der Waals surface area contributed by atoms with Crippen molar-refractivity contribution in [3.05, 3.63) is 90.0 Å². The molecule has 4 heteroatoms. The first-order chi connectivity index (χ1) is 11.7. The molecule has 1 nitrogen and oxygen atoms in total. The summed E-state index contributed by atoms with van der Waals surface area (Å²) in [5.41, 5.74) is 2.35. The highest BCUT2D eigenvalue weighted by Gasteiger charge is 2.29. The average molecular weight is 464 g/mol. The number of benzene rings is 3. The standard InChI is InChI=1S/C20H17Br2OP/c21-14-16-6-10-19(11-7-16)24(23,18-4-2-1-3-5-18)20-12-8-17(15-22)9-13-20/h1-13H,14-15H2. The molecule has 0 aromatic heterocycles. The average Bonchev–Trinajstić information content (AvgIpc) is 2.68. The predicted octanol–water partition coefficient (Wildman–Crippen LogP) is 5.12. The molecule has 0 unspecified atom stereocenters. The van der Waals surface area contributed by atoms with E-state index in [0.29, 0.717) is 0 Å². The minimum Gasteiger partial charge on any atom is -0.309 e. The lowest BCUT2D eigenvalue weighted by molar-refractivity contribution is 0.592. The van der Waals surface area contributed by atoms with E-state index in [2.05, 4.69) is 31.9 Å². The third kappa shape index (κ3) is 3.44. The summed E-state index contributed by atoms with van der Waals surface area (Å²) in [5, 5.41) is 4.18. The van der Waals surface area contributed by atoms with Crippen molar-refractivity contribution in [2.75, 3.05) is 0 Å². The Hall–Kier alpha value is -1.15. The predicted molar refractivity (Wildman–Crippen MR) is 111 cm³/mol. The zero-order valence-electron chi connectivity index (χ0n) is 13.0. The number of halogens is 2. The van der Waals surface area contributed by atoms with Crippen molar-refractivity contribution in [3.63, 3.8) is 0 Å². The largest absolute Gasteiger partial charge is 0.309 e. The second-order valence-electron chi connectivity index (χ2n) is 5.54. The van der Waals surface area contributed by atoms with E-state index in [4.69, 9.17) is 0 Å². The Balaban J connectivity index is 2.18. The molecule has 0 amide bonds. The summed E-state index contributed by atoms with van der Waals surface area (Å²) in [5.74, 6) is 0. The van der Waals surface area contributed by atoms with Crippen molar-refractivity contribution in [1.29, 1.82) is 0 Å². The van der Waals surface area contributed by atoms with Gasteiger partial charge in [0, 0.05) is 26.6 Å². The fraction of sp³-hybridized carbons (Fsp3) is 0.100. The molecule has 0 spiro atoms. The smallest absolute Gasteiger partial charge is 0.171 e. The minimum absolute atomic E-state index is 0.795. The normalized spacial score (nSPS) is 11.4. The molecule has 0 aliphatic heterocycles. The van der Waals surface area contributed by atoms with Crippen molar-refractivity contribution in [3.8, 4) is 0 Å². The van der Waals surface area contributed by atoms with Gasteiger partial charge in [-0.1, -0.05) is 111 Å². The topological polar surface area (TPSA) is 17.1 Å². The Bertz CT molecular complexity index is 792. The molecule has 3 rings (SSSR count). The van der Waals surface area contributed by atoms with Crippen LogP contribution in [0.2, 0.25) is 0 Å². The second kappa shape index (κ2) is 7.82. The number of hydrogen-bond acceptors (Lipinski definition) is 1. The van der Waals surface area contributed by atoms with E-state index in [9.17, 15) is 4.57 Å². The van der Waals surface area contributed by atoms with E-state index >= 15 is 0 Å². The Labute approximate surface area is 159 Å². The fourth-order valence-corrected chi connectivity index (χ4v) is 6.05. The third-order valence-corrected chi connectivity index (χ3v) is 8.40. The molecule has 0 radical (unpaired) electrons.